The lowest BCUT2D eigenvalue weighted by Gasteiger charge is -2.47. The van der Waals surface area contributed by atoms with Gasteiger partial charge in [0.05, 0.1) is 12.7 Å². The Labute approximate surface area is 222 Å². The maximum Gasteiger partial charge on any atom is 0.410 e. The van der Waals surface area contributed by atoms with Crippen molar-refractivity contribution in [3.63, 3.8) is 0 Å². The normalized spacial score (nSPS) is 21.7. The predicted molar refractivity (Wildman–Crippen MR) is 143 cm³/mol. The molecule has 2 atom stereocenters. The van der Waals surface area contributed by atoms with Gasteiger partial charge < -0.3 is 14.4 Å². The molecule has 0 saturated carbocycles. The number of hydrogen-bond acceptors (Lipinski definition) is 5. The topological polar surface area (TPSA) is 79.6 Å². The van der Waals surface area contributed by atoms with E-state index in [0.717, 1.165) is 19.3 Å². The van der Waals surface area contributed by atoms with Gasteiger partial charge in [0.1, 0.15) is 18.4 Å². The van der Waals surface area contributed by atoms with Crippen LogP contribution in [0.3, 0.4) is 0 Å². The molecule has 3 aliphatic rings. The molecule has 0 radical (unpaired) electrons. The Balaban J connectivity index is 1.16. The third-order valence-electron chi connectivity index (χ3n) is 8.50. The summed E-state index contributed by atoms with van der Waals surface area (Å²) in [5.41, 5.74) is 5.77. The molecule has 2 fully saturated rings. The monoisotopic (exact) mass is 506 g/mol. The molecule has 6 rings (SSSR count). The molecule has 0 N–H and O–H groups in total. The van der Waals surface area contributed by atoms with E-state index in [1.54, 1.807) is 18.2 Å². The highest BCUT2D eigenvalue weighted by atomic mass is 16.6. The van der Waals surface area contributed by atoms with Crippen molar-refractivity contribution in [1.82, 2.24) is 4.90 Å². The van der Waals surface area contributed by atoms with Crippen LogP contribution in [0, 0.1) is 17.2 Å². The van der Waals surface area contributed by atoms with E-state index < -0.39 is 0 Å². The molecule has 2 aliphatic heterocycles. The lowest BCUT2D eigenvalue weighted by Crippen LogP contribution is -2.55. The highest BCUT2D eigenvalue weighted by molar-refractivity contribution is 5.98. The lowest BCUT2D eigenvalue weighted by molar-refractivity contribution is 0.00650. The summed E-state index contributed by atoms with van der Waals surface area (Å²) < 4.78 is 11.3. The van der Waals surface area contributed by atoms with E-state index in [1.165, 1.54) is 29.4 Å². The van der Waals surface area contributed by atoms with Crippen LogP contribution in [0.4, 0.5) is 4.79 Å². The van der Waals surface area contributed by atoms with Gasteiger partial charge in [0, 0.05) is 29.5 Å². The zero-order valence-corrected chi connectivity index (χ0v) is 21.4. The van der Waals surface area contributed by atoms with Crippen molar-refractivity contribution in [3.8, 4) is 22.9 Å². The Bertz CT molecular complexity index is 1380. The Morgan fingerprint density at radius 3 is 2.18 bits per heavy atom. The lowest BCUT2D eigenvalue weighted by atomic mass is 9.76. The van der Waals surface area contributed by atoms with E-state index in [1.807, 2.05) is 29.2 Å². The van der Waals surface area contributed by atoms with Crippen molar-refractivity contribution in [3.05, 3.63) is 89.0 Å². The van der Waals surface area contributed by atoms with Crippen LogP contribution in [0.1, 0.15) is 65.1 Å². The average molecular weight is 507 g/mol. The second kappa shape index (κ2) is 9.98. The number of carbonyl (C=O) groups excluding carboxylic acids is 2. The van der Waals surface area contributed by atoms with Crippen molar-refractivity contribution in [2.45, 2.75) is 50.1 Å². The van der Waals surface area contributed by atoms with Crippen LogP contribution in [-0.4, -0.2) is 42.6 Å². The van der Waals surface area contributed by atoms with Crippen LogP contribution in [0.15, 0.2) is 66.7 Å². The summed E-state index contributed by atoms with van der Waals surface area (Å²) in [4.78, 5) is 28.8. The molecule has 192 valence electrons. The standard InChI is InChI=1S/C32H30N2O4/c1-37-30-17-20(13-14-21(30)18-33)31(35)22-15-23-7-6-8-24(16-22)34(23)32(36)38-19-29-27-11-4-2-9-25(27)26-10-3-5-12-28(26)29/h2-5,9-14,17,22-24,29H,6-8,15-16,19H2,1H3. The summed E-state index contributed by atoms with van der Waals surface area (Å²) in [5, 5.41) is 9.26. The SMILES string of the molecule is COc1cc(C(=O)C2CC3CCCC(C2)N3C(=O)OCC2c3ccccc3-c3ccccc32)ccc1C#N. The number of carbonyl (C=O) groups is 2. The smallest absolute Gasteiger partial charge is 0.410 e. The number of benzene rings is 3. The molecule has 1 amide bonds. The number of ketones is 1. The van der Waals surface area contributed by atoms with Gasteiger partial charge in [0.25, 0.3) is 0 Å². The van der Waals surface area contributed by atoms with Crippen LogP contribution >= 0.6 is 0 Å². The number of Topliss-reactive ketones (excluding diaryl/α,β-unsaturated/α-hetero) is 1. The van der Waals surface area contributed by atoms with Gasteiger partial charge >= 0.3 is 6.09 Å². The molecule has 1 aliphatic carbocycles. The van der Waals surface area contributed by atoms with Gasteiger partial charge in [-0.1, -0.05) is 48.5 Å². The number of nitriles is 1. The summed E-state index contributed by atoms with van der Waals surface area (Å²) in [5.74, 6) is 0.323. The summed E-state index contributed by atoms with van der Waals surface area (Å²) in [6.45, 7) is 0.302. The molecular weight excluding hydrogens is 476 g/mol. The second-order valence-corrected chi connectivity index (χ2v) is 10.5. The van der Waals surface area contributed by atoms with Crippen molar-refractivity contribution < 1.29 is 19.1 Å². The van der Waals surface area contributed by atoms with Gasteiger partial charge in [-0.25, -0.2) is 4.79 Å². The molecule has 3 aromatic carbocycles. The molecule has 38 heavy (non-hydrogen) atoms. The minimum Gasteiger partial charge on any atom is -0.495 e. The third kappa shape index (κ3) is 4.12. The molecule has 6 heteroatoms. The molecule has 2 bridgehead atoms. The highest BCUT2D eigenvalue weighted by Crippen LogP contribution is 2.45. The second-order valence-electron chi connectivity index (χ2n) is 10.5. The predicted octanol–water partition coefficient (Wildman–Crippen LogP) is 6.33. The van der Waals surface area contributed by atoms with Gasteiger partial charge in [-0.15, -0.1) is 0 Å². The maximum atomic E-state index is 13.5. The van der Waals surface area contributed by atoms with Crippen molar-refractivity contribution in [2.75, 3.05) is 13.7 Å². The van der Waals surface area contributed by atoms with Gasteiger partial charge in [0.2, 0.25) is 0 Å². The number of fused-ring (bicyclic) bond motifs is 5. The molecule has 6 nitrogen and oxygen atoms in total. The quantitative estimate of drug-likeness (QED) is 0.378. The fourth-order valence-electron chi connectivity index (χ4n) is 6.73. The molecule has 2 heterocycles. The van der Waals surface area contributed by atoms with Crippen molar-refractivity contribution in [2.24, 2.45) is 5.92 Å². The van der Waals surface area contributed by atoms with Crippen molar-refractivity contribution >= 4 is 11.9 Å². The number of methoxy groups -OCH3 is 1. The fraction of sp³-hybridized carbons (Fsp3) is 0.344. The maximum absolute atomic E-state index is 13.5. The number of hydrogen-bond donors (Lipinski definition) is 0. The molecule has 0 spiro atoms. The minimum atomic E-state index is -0.271. The number of rotatable bonds is 5. The van der Waals surface area contributed by atoms with Crippen molar-refractivity contribution in [1.29, 1.82) is 5.26 Å². The molecule has 2 unspecified atom stereocenters. The zero-order chi connectivity index (χ0) is 26.2. The first-order chi connectivity index (χ1) is 18.6. The van der Waals surface area contributed by atoms with Crippen LogP contribution in [0.25, 0.3) is 11.1 Å². The van der Waals surface area contributed by atoms with Crippen LogP contribution < -0.4 is 4.74 Å². The van der Waals surface area contributed by atoms with Crippen LogP contribution in [0.2, 0.25) is 0 Å². The van der Waals surface area contributed by atoms with Gasteiger partial charge in [0.15, 0.2) is 5.78 Å². The van der Waals surface area contributed by atoms with Crippen LogP contribution in [0.5, 0.6) is 5.75 Å². The molecular formula is C32H30N2O4. The number of ether oxygens (including phenoxy) is 2. The Morgan fingerprint density at radius 1 is 0.947 bits per heavy atom. The van der Waals surface area contributed by atoms with Gasteiger partial charge in [-0.3, -0.25) is 4.79 Å². The van der Waals surface area contributed by atoms with Crippen LogP contribution in [-0.2, 0) is 4.74 Å². The Hall–Kier alpha value is -4.11. The first-order valence-electron chi connectivity index (χ1n) is 13.3. The van der Waals surface area contributed by atoms with E-state index in [0.29, 0.717) is 36.3 Å². The molecule has 3 aromatic rings. The van der Waals surface area contributed by atoms with E-state index in [4.69, 9.17) is 9.47 Å². The van der Waals surface area contributed by atoms with E-state index in [2.05, 4.69) is 30.3 Å². The Morgan fingerprint density at radius 2 is 1.58 bits per heavy atom. The summed E-state index contributed by atoms with van der Waals surface area (Å²) >= 11 is 0. The minimum absolute atomic E-state index is 0.00706. The Kier molecular flexibility index (Phi) is 6.37. The third-order valence-corrected chi connectivity index (χ3v) is 8.50. The summed E-state index contributed by atoms with van der Waals surface area (Å²) in [6.07, 6.45) is 3.78. The average Bonchev–Trinajstić information content (AvgIpc) is 3.28. The molecule has 0 aromatic heterocycles. The summed E-state index contributed by atoms with van der Waals surface area (Å²) in [7, 11) is 1.50. The van der Waals surface area contributed by atoms with E-state index in [9.17, 15) is 14.9 Å². The molecule has 2 saturated heterocycles. The fourth-order valence-corrected chi connectivity index (χ4v) is 6.73. The van der Waals surface area contributed by atoms with Gasteiger partial charge in [-0.2, -0.15) is 5.26 Å². The zero-order valence-electron chi connectivity index (χ0n) is 21.4. The van der Waals surface area contributed by atoms with E-state index in [-0.39, 0.29) is 35.8 Å². The first kappa shape index (κ1) is 24.2. The number of piperidine rings is 2. The summed E-state index contributed by atoms with van der Waals surface area (Å²) in [6, 6.07) is 23.8. The number of nitrogens with zero attached hydrogens (tertiary/aromatic N) is 2. The first-order valence-corrected chi connectivity index (χ1v) is 13.3. The van der Waals surface area contributed by atoms with E-state index >= 15 is 0 Å². The largest absolute Gasteiger partial charge is 0.495 e. The number of amides is 1. The highest BCUT2D eigenvalue weighted by Gasteiger charge is 2.44. The van der Waals surface area contributed by atoms with Gasteiger partial charge in [-0.05, 0) is 72.6 Å².